The van der Waals surface area contributed by atoms with Gasteiger partial charge < -0.3 is 15.8 Å². The second-order valence-corrected chi connectivity index (χ2v) is 6.17. The number of amides is 1. The Hall–Kier alpha value is -1.43. The van der Waals surface area contributed by atoms with Crippen LogP contribution in [0.3, 0.4) is 0 Å². The number of rotatable bonds is 5. The number of nitrogens with two attached hydrogens (primary N) is 1. The lowest BCUT2D eigenvalue weighted by atomic mass is 10.1. The van der Waals surface area contributed by atoms with Gasteiger partial charge in [0.05, 0.1) is 23.4 Å². The molecule has 0 saturated carbocycles. The van der Waals surface area contributed by atoms with Crippen molar-refractivity contribution >= 4 is 46.9 Å². The van der Waals surface area contributed by atoms with Crippen LogP contribution in [0, 0.1) is 0 Å². The first kappa shape index (κ1) is 18.6. The SMILES string of the molecule is COc1cc(N)c(Cl)cc1C(=O)NC(C)Cc1cccs1.Cl. The van der Waals surface area contributed by atoms with Gasteiger partial charge in [0.1, 0.15) is 5.75 Å². The predicted octanol–water partition coefficient (Wildman–Crippen LogP) is 3.78. The highest BCUT2D eigenvalue weighted by Crippen LogP contribution is 2.28. The highest BCUT2D eigenvalue weighted by atomic mass is 35.5. The molecule has 0 radical (unpaired) electrons. The third-order valence-corrected chi connectivity index (χ3v) is 4.25. The summed E-state index contributed by atoms with van der Waals surface area (Å²) in [7, 11) is 1.49. The molecular formula is C15H18Cl2N2O2S. The van der Waals surface area contributed by atoms with Gasteiger partial charge in [-0.25, -0.2) is 0 Å². The van der Waals surface area contributed by atoms with Crippen LogP contribution in [-0.4, -0.2) is 19.1 Å². The van der Waals surface area contributed by atoms with E-state index in [1.165, 1.54) is 18.1 Å². The van der Waals surface area contributed by atoms with Crippen LogP contribution in [0.5, 0.6) is 5.75 Å². The predicted molar refractivity (Wildman–Crippen MR) is 94.6 cm³/mol. The second kappa shape index (κ2) is 8.27. The van der Waals surface area contributed by atoms with Crippen LogP contribution < -0.4 is 15.8 Å². The number of anilines is 1. The Bertz CT molecular complexity index is 633. The van der Waals surface area contributed by atoms with E-state index in [1.54, 1.807) is 17.4 Å². The number of ether oxygens (including phenoxy) is 1. The van der Waals surface area contributed by atoms with E-state index in [0.29, 0.717) is 22.0 Å². The Morgan fingerprint density at radius 1 is 1.50 bits per heavy atom. The molecule has 1 unspecified atom stereocenters. The molecule has 0 aliphatic rings. The van der Waals surface area contributed by atoms with Crippen molar-refractivity contribution in [1.82, 2.24) is 5.32 Å². The first-order valence-corrected chi connectivity index (χ1v) is 7.73. The van der Waals surface area contributed by atoms with Crippen molar-refractivity contribution in [1.29, 1.82) is 0 Å². The average Bonchev–Trinajstić information content (AvgIpc) is 2.93. The molecule has 1 amide bonds. The zero-order valence-corrected chi connectivity index (χ0v) is 14.6. The maximum absolute atomic E-state index is 12.3. The third-order valence-electron chi connectivity index (χ3n) is 3.03. The first-order valence-electron chi connectivity index (χ1n) is 6.47. The average molecular weight is 361 g/mol. The van der Waals surface area contributed by atoms with Gasteiger partial charge in [0, 0.05) is 23.4 Å². The Balaban J connectivity index is 0.00000242. The summed E-state index contributed by atoms with van der Waals surface area (Å²) in [5, 5.41) is 5.30. The summed E-state index contributed by atoms with van der Waals surface area (Å²) in [6.07, 6.45) is 0.786. The van der Waals surface area contributed by atoms with Crippen LogP contribution in [0.1, 0.15) is 22.2 Å². The zero-order valence-electron chi connectivity index (χ0n) is 12.3. The van der Waals surface area contributed by atoms with Crippen LogP contribution in [0.2, 0.25) is 5.02 Å². The molecule has 1 aromatic carbocycles. The van der Waals surface area contributed by atoms with Gasteiger partial charge in [0.25, 0.3) is 5.91 Å². The summed E-state index contributed by atoms with van der Waals surface area (Å²) >= 11 is 7.65. The lowest BCUT2D eigenvalue weighted by molar-refractivity contribution is 0.0937. The number of halogens is 2. The Kier molecular flexibility index (Phi) is 7.00. The first-order chi connectivity index (χ1) is 10.0. The third kappa shape index (κ3) is 4.53. The lowest BCUT2D eigenvalue weighted by Gasteiger charge is -2.15. The number of benzene rings is 1. The van der Waals surface area contributed by atoms with E-state index in [4.69, 9.17) is 22.1 Å². The van der Waals surface area contributed by atoms with Crippen molar-refractivity contribution in [3.05, 3.63) is 45.1 Å². The van der Waals surface area contributed by atoms with Crippen LogP contribution in [0.4, 0.5) is 5.69 Å². The van der Waals surface area contributed by atoms with Crippen molar-refractivity contribution < 1.29 is 9.53 Å². The number of hydrogen-bond donors (Lipinski definition) is 2. The molecule has 0 spiro atoms. The zero-order chi connectivity index (χ0) is 15.4. The van der Waals surface area contributed by atoms with Crippen molar-refractivity contribution in [2.45, 2.75) is 19.4 Å². The summed E-state index contributed by atoms with van der Waals surface area (Å²) in [6.45, 7) is 1.96. The number of hydrogen-bond acceptors (Lipinski definition) is 4. The molecule has 0 aliphatic heterocycles. The Morgan fingerprint density at radius 2 is 2.23 bits per heavy atom. The van der Waals surface area contributed by atoms with E-state index < -0.39 is 0 Å². The van der Waals surface area contributed by atoms with E-state index >= 15 is 0 Å². The van der Waals surface area contributed by atoms with Crippen LogP contribution >= 0.6 is 35.3 Å². The van der Waals surface area contributed by atoms with Crippen molar-refractivity contribution in [3.63, 3.8) is 0 Å². The second-order valence-electron chi connectivity index (χ2n) is 4.73. The number of carbonyl (C=O) groups excluding carboxylic acids is 1. The molecule has 2 rings (SSSR count). The van der Waals surface area contributed by atoms with Gasteiger partial charge in [0.15, 0.2) is 0 Å². The van der Waals surface area contributed by atoms with E-state index in [9.17, 15) is 4.79 Å². The maximum Gasteiger partial charge on any atom is 0.255 e. The van der Waals surface area contributed by atoms with E-state index in [0.717, 1.165) is 6.42 Å². The molecule has 3 N–H and O–H groups in total. The van der Waals surface area contributed by atoms with Crippen LogP contribution in [0.15, 0.2) is 29.6 Å². The number of thiophene rings is 1. The van der Waals surface area contributed by atoms with Gasteiger partial charge in [-0.3, -0.25) is 4.79 Å². The molecule has 22 heavy (non-hydrogen) atoms. The Morgan fingerprint density at radius 3 is 2.82 bits per heavy atom. The van der Waals surface area contributed by atoms with Gasteiger partial charge >= 0.3 is 0 Å². The van der Waals surface area contributed by atoms with Gasteiger partial charge in [-0.1, -0.05) is 17.7 Å². The molecule has 0 aliphatic carbocycles. The van der Waals surface area contributed by atoms with Crippen LogP contribution in [0.25, 0.3) is 0 Å². The number of carbonyl (C=O) groups is 1. The fourth-order valence-electron chi connectivity index (χ4n) is 2.00. The van der Waals surface area contributed by atoms with Gasteiger partial charge in [-0.15, -0.1) is 23.7 Å². The minimum Gasteiger partial charge on any atom is -0.496 e. The van der Waals surface area contributed by atoms with Crippen molar-refractivity contribution in [3.8, 4) is 5.75 Å². The number of methoxy groups -OCH3 is 1. The summed E-state index contributed by atoms with van der Waals surface area (Å²) in [4.78, 5) is 13.6. The summed E-state index contributed by atoms with van der Waals surface area (Å²) in [6, 6.07) is 7.15. The normalized spacial score (nSPS) is 11.4. The molecule has 0 fully saturated rings. The molecule has 1 aromatic heterocycles. The Labute approximate surface area is 145 Å². The maximum atomic E-state index is 12.3. The molecule has 4 nitrogen and oxygen atoms in total. The molecule has 1 atom stereocenters. The molecule has 1 heterocycles. The van der Waals surface area contributed by atoms with E-state index in [2.05, 4.69) is 5.32 Å². The van der Waals surface area contributed by atoms with E-state index in [1.807, 2.05) is 24.4 Å². The highest BCUT2D eigenvalue weighted by molar-refractivity contribution is 7.09. The van der Waals surface area contributed by atoms with Gasteiger partial charge in [0.2, 0.25) is 0 Å². The van der Waals surface area contributed by atoms with Gasteiger partial charge in [-0.05, 0) is 24.4 Å². The molecule has 120 valence electrons. The quantitative estimate of drug-likeness (QED) is 0.797. The standard InChI is InChI=1S/C15H17ClN2O2S.ClH/c1-9(6-10-4-3-5-21-10)18-15(19)11-7-12(16)13(17)8-14(11)20-2;/h3-5,7-9H,6,17H2,1-2H3,(H,18,19);1H. The molecular weight excluding hydrogens is 343 g/mol. The monoisotopic (exact) mass is 360 g/mol. The summed E-state index contributed by atoms with van der Waals surface area (Å²) in [5.74, 6) is 0.190. The minimum atomic E-state index is -0.224. The highest BCUT2D eigenvalue weighted by Gasteiger charge is 2.17. The number of nitrogens with one attached hydrogen (secondary N) is 1. The van der Waals surface area contributed by atoms with Crippen LogP contribution in [-0.2, 0) is 6.42 Å². The lowest BCUT2D eigenvalue weighted by Crippen LogP contribution is -2.34. The minimum absolute atomic E-state index is 0. The summed E-state index contributed by atoms with van der Waals surface area (Å²) < 4.78 is 5.19. The molecule has 7 heteroatoms. The number of nitrogen functional groups attached to an aromatic ring is 1. The summed E-state index contributed by atoms with van der Waals surface area (Å²) in [5.41, 5.74) is 6.48. The van der Waals surface area contributed by atoms with E-state index in [-0.39, 0.29) is 24.4 Å². The fraction of sp³-hybridized carbons (Fsp3) is 0.267. The van der Waals surface area contributed by atoms with Gasteiger partial charge in [-0.2, -0.15) is 0 Å². The topological polar surface area (TPSA) is 64.3 Å². The molecule has 2 aromatic rings. The van der Waals surface area contributed by atoms with Crippen molar-refractivity contribution in [2.24, 2.45) is 0 Å². The fourth-order valence-corrected chi connectivity index (χ4v) is 3.00. The largest absolute Gasteiger partial charge is 0.496 e. The molecule has 0 saturated heterocycles. The van der Waals surface area contributed by atoms with Crippen molar-refractivity contribution in [2.75, 3.05) is 12.8 Å². The smallest absolute Gasteiger partial charge is 0.255 e. The molecule has 0 bridgehead atoms.